The van der Waals surface area contributed by atoms with E-state index in [-0.39, 0.29) is 32.6 Å². The van der Waals surface area contributed by atoms with E-state index in [1.165, 1.54) is 96.3 Å². The van der Waals surface area contributed by atoms with Gasteiger partial charge in [0, 0.05) is 19.4 Å². The fourth-order valence-electron chi connectivity index (χ4n) is 6.34. The Balaban J connectivity index is 4.15. The monoisotopic (exact) mass is 840 g/mol. The molecule has 0 aromatic carbocycles. The van der Waals surface area contributed by atoms with Crippen LogP contribution in [0.25, 0.3) is 0 Å². The van der Waals surface area contributed by atoms with Crippen molar-refractivity contribution in [2.24, 2.45) is 5.73 Å². The van der Waals surface area contributed by atoms with Crippen molar-refractivity contribution in [3.8, 4) is 0 Å². The number of esters is 2. The molecule has 0 aromatic rings. The second-order valence-electron chi connectivity index (χ2n) is 15.4. The Kier molecular flexibility index (Phi) is 41.5. The molecule has 0 bridgehead atoms. The van der Waals surface area contributed by atoms with E-state index in [2.05, 4.69) is 44.2 Å². The lowest BCUT2D eigenvalue weighted by atomic mass is 10.0. The van der Waals surface area contributed by atoms with Gasteiger partial charge in [0.25, 0.3) is 0 Å². The zero-order chi connectivity index (χ0) is 42.6. The van der Waals surface area contributed by atoms with Crippen molar-refractivity contribution in [1.82, 2.24) is 0 Å². The summed E-state index contributed by atoms with van der Waals surface area (Å²) < 4.78 is 32.8. The van der Waals surface area contributed by atoms with Gasteiger partial charge in [-0.25, -0.2) is 4.57 Å². The van der Waals surface area contributed by atoms with E-state index in [1.54, 1.807) is 6.08 Å². The van der Waals surface area contributed by atoms with Gasteiger partial charge in [-0.15, -0.1) is 0 Å². The van der Waals surface area contributed by atoms with Crippen LogP contribution in [0, 0.1) is 0 Å². The van der Waals surface area contributed by atoms with E-state index >= 15 is 0 Å². The van der Waals surface area contributed by atoms with Crippen molar-refractivity contribution in [1.29, 1.82) is 0 Å². The number of allylic oxidation sites excluding steroid dienone is 7. The zero-order valence-electron chi connectivity index (χ0n) is 36.9. The number of phosphoric ester groups is 1. The minimum atomic E-state index is -4.40. The van der Waals surface area contributed by atoms with E-state index < -0.39 is 38.6 Å². The minimum Gasteiger partial charge on any atom is -0.462 e. The minimum absolute atomic E-state index is 0.0362. The summed E-state index contributed by atoms with van der Waals surface area (Å²) in [6.07, 6.45) is 45.9. The third-order valence-electron chi connectivity index (χ3n) is 9.80. The van der Waals surface area contributed by atoms with Gasteiger partial charge in [0.05, 0.1) is 19.3 Å². The van der Waals surface area contributed by atoms with Gasteiger partial charge in [-0.05, 0) is 57.8 Å². The molecule has 0 aliphatic carbocycles. The summed E-state index contributed by atoms with van der Waals surface area (Å²) in [6, 6.07) is 0. The summed E-state index contributed by atoms with van der Waals surface area (Å²) >= 11 is 0. The SMILES string of the molecule is CC/C=C/C/C=C/C=C/C(O)CCCCCCCC(=O)O[C@H](COC(=O)CCCCCCCCCCCCC/C=C\CCCCCCCC)COP(=O)(O)OCCN. The number of aliphatic hydroxyl groups is 1. The van der Waals surface area contributed by atoms with Crippen molar-refractivity contribution in [2.75, 3.05) is 26.4 Å². The van der Waals surface area contributed by atoms with Crippen LogP contribution < -0.4 is 5.73 Å². The molecule has 4 N–H and O–H groups in total. The fourth-order valence-corrected chi connectivity index (χ4v) is 7.11. The van der Waals surface area contributed by atoms with Gasteiger partial charge in [-0.3, -0.25) is 18.6 Å². The molecule has 2 unspecified atom stereocenters. The number of unbranched alkanes of at least 4 members (excludes halogenated alkanes) is 21. The summed E-state index contributed by atoms with van der Waals surface area (Å²) in [5.41, 5.74) is 5.35. The lowest BCUT2D eigenvalue weighted by molar-refractivity contribution is -0.161. The van der Waals surface area contributed by atoms with E-state index in [0.717, 1.165) is 64.2 Å². The van der Waals surface area contributed by atoms with Gasteiger partial charge in [-0.1, -0.05) is 178 Å². The molecule has 10 nitrogen and oxygen atoms in total. The summed E-state index contributed by atoms with van der Waals surface area (Å²) in [5.74, 6) is -0.904. The largest absolute Gasteiger partial charge is 0.472 e. The molecule has 0 amide bonds. The molecular formula is C47H86NO9P. The van der Waals surface area contributed by atoms with Crippen molar-refractivity contribution in [3.05, 3.63) is 48.6 Å². The molecule has 0 rings (SSSR count). The van der Waals surface area contributed by atoms with Gasteiger partial charge in [-0.2, -0.15) is 0 Å². The lowest BCUT2D eigenvalue weighted by Crippen LogP contribution is -2.29. The molecular weight excluding hydrogens is 753 g/mol. The van der Waals surface area contributed by atoms with Crippen molar-refractivity contribution in [3.63, 3.8) is 0 Å². The maximum atomic E-state index is 12.6. The van der Waals surface area contributed by atoms with Gasteiger partial charge in [0.1, 0.15) is 6.61 Å². The number of hydrogen-bond acceptors (Lipinski definition) is 9. The highest BCUT2D eigenvalue weighted by Gasteiger charge is 2.26. The number of aliphatic hydroxyl groups excluding tert-OH is 1. The lowest BCUT2D eigenvalue weighted by Gasteiger charge is -2.19. The van der Waals surface area contributed by atoms with Crippen molar-refractivity contribution < 1.29 is 42.7 Å². The van der Waals surface area contributed by atoms with Gasteiger partial charge in [0.2, 0.25) is 0 Å². The highest BCUT2D eigenvalue weighted by Crippen LogP contribution is 2.43. The van der Waals surface area contributed by atoms with Gasteiger partial charge < -0.3 is 25.2 Å². The maximum Gasteiger partial charge on any atom is 0.472 e. The Morgan fingerprint density at radius 2 is 1.16 bits per heavy atom. The average Bonchev–Trinajstić information content (AvgIpc) is 3.21. The number of nitrogens with two attached hydrogens (primary N) is 1. The number of hydrogen-bond donors (Lipinski definition) is 3. The smallest absolute Gasteiger partial charge is 0.462 e. The molecule has 0 spiro atoms. The molecule has 0 aliphatic rings. The number of carbonyl (C=O) groups is 2. The first kappa shape index (κ1) is 55.9. The van der Waals surface area contributed by atoms with Gasteiger partial charge >= 0.3 is 19.8 Å². The molecule has 0 heterocycles. The average molecular weight is 840 g/mol. The van der Waals surface area contributed by atoms with Crippen LogP contribution in [0.4, 0.5) is 0 Å². The Hall–Kier alpha value is -2.07. The molecule has 0 fully saturated rings. The number of phosphoric acid groups is 1. The van der Waals surface area contributed by atoms with Crippen LogP contribution in [0.15, 0.2) is 48.6 Å². The quantitative estimate of drug-likeness (QED) is 0.0178. The topological polar surface area (TPSA) is 155 Å². The van der Waals surface area contributed by atoms with Crippen LogP contribution in [0.2, 0.25) is 0 Å². The predicted molar refractivity (Wildman–Crippen MR) is 239 cm³/mol. The highest BCUT2D eigenvalue weighted by molar-refractivity contribution is 7.47. The predicted octanol–water partition coefficient (Wildman–Crippen LogP) is 12.5. The van der Waals surface area contributed by atoms with E-state index in [4.69, 9.17) is 24.3 Å². The van der Waals surface area contributed by atoms with Crippen molar-refractivity contribution >= 4 is 19.8 Å². The third kappa shape index (κ3) is 42.1. The second-order valence-corrected chi connectivity index (χ2v) is 16.9. The summed E-state index contributed by atoms with van der Waals surface area (Å²) in [7, 11) is -4.40. The van der Waals surface area contributed by atoms with Crippen LogP contribution in [-0.2, 0) is 32.7 Å². The molecule has 0 aliphatic heterocycles. The van der Waals surface area contributed by atoms with Crippen LogP contribution >= 0.6 is 7.82 Å². The Morgan fingerprint density at radius 1 is 0.621 bits per heavy atom. The molecule has 58 heavy (non-hydrogen) atoms. The third-order valence-corrected chi connectivity index (χ3v) is 10.8. The first-order valence-corrected chi connectivity index (χ1v) is 24.7. The van der Waals surface area contributed by atoms with Crippen LogP contribution in [0.1, 0.15) is 200 Å². The number of ether oxygens (including phenoxy) is 2. The molecule has 0 radical (unpaired) electrons. The number of rotatable bonds is 43. The Morgan fingerprint density at radius 3 is 1.72 bits per heavy atom. The van der Waals surface area contributed by atoms with Crippen LogP contribution in [-0.4, -0.2) is 60.5 Å². The summed E-state index contributed by atoms with van der Waals surface area (Å²) in [4.78, 5) is 34.9. The second kappa shape index (κ2) is 43.0. The molecule has 3 atom stereocenters. The Labute approximate surface area is 354 Å². The van der Waals surface area contributed by atoms with Crippen LogP contribution in [0.5, 0.6) is 0 Å². The first-order valence-electron chi connectivity index (χ1n) is 23.2. The molecule has 338 valence electrons. The molecule has 11 heteroatoms. The molecule has 0 saturated heterocycles. The maximum absolute atomic E-state index is 12.6. The molecule has 0 saturated carbocycles. The summed E-state index contributed by atoms with van der Waals surface area (Å²) in [5, 5.41) is 10.1. The van der Waals surface area contributed by atoms with Crippen LogP contribution in [0.3, 0.4) is 0 Å². The van der Waals surface area contributed by atoms with Crippen molar-refractivity contribution in [2.45, 2.75) is 212 Å². The van der Waals surface area contributed by atoms with E-state index in [0.29, 0.717) is 12.8 Å². The fraction of sp³-hybridized carbons (Fsp3) is 0.787. The standard InChI is InChI=1S/C47H86NO9P/c1-3-5-7-9-11-12-13-14-15-16-17-18-19-20-21-22-23-24-26-30-34-38-46(50)54-42-45(43-56-58(52,53)55-41-40-48)57-47(51)39-35-31-27-29-33-37-44(49)36-32-28-25-10-8-6-4-2/h6,8,14-15,25,28,32,36,44-45,49H,3-5,7,9-13,16-24,26-27,29-31,33-35,37-43,48H2,1-2H3,(H,52,53)/b8-6+,15-14-,28-25+,36-32+/t44?,45-/m1/s1. The Bertz CT molecular complexity index is 1110. The van der Waals surface area contributed by atoms with Gasteiger partial charge in [0.15, 0.2) is 6.10 Å². The highest BCUT2D eigenvalue weighted by atomic mass is 31.2. The molecule has 0 aromatic heterocycles. The summed E-state index contributed by atoms with van der Waals surface area (Å²) in [6.45, 7) is 3.49. The van der Waals surface area contributed by atoms with E-state index in [1.807, 2.05) is 12.2 Å². The first-order chi connectivity index (χ1) is 28.2. The number of carbonyl (C=O) groups excluding carboxylic acids is 2. The van der Waals surface area contributed by atoms with E-state index in [9.17, 15) is 24.2 Å². The zero-order valence-corrected chi connectivity index (χ0v) is 37.8. The normalized spacial score (nSPS) is 14.2.